The van der Waals surface area contributed by atoms with Gasteiger partial charge in [-0.2, -0.15) is 26.3 Å². The number of rotatable bonds is 8. The third-order valence-corrected chi connectivity index (χ3v) is 11.0. The van der Waals surface area contributed by atoms with Crippen LogP contribution < -0.4 is 5.32 Å². The predicted molar refractivity (Wildman–Crippen MR) is 182 cm³/mol. The van der Waals surface area contributed by atoms with Gasteiger partial charge < -0.3 is 5.32 Å². The molecule has 7 nitrogen and oxygen atoms in total. The van der Waals surface area contributed by atoms with Crippen molar-refractivity contribution in [2.45, 2.75) is 67.5 Å². The van der Waals surface area contributed by atoms with E-state index in [2.05, 4.69) is 10.3 Å². The minimum atomic E-state index is -4.97. The molecule has 2 saturated heterocycles. The topological polar surface area (TPSA) is 82.6 Å². The lowest BCUT2D eigenvalue weighted by Gasteiger charge is -2.42. The summed E-state index contributed by atoms with van der Waals surface area (Å²) in [5.41, 5.74) is -1.83. The predicted octanol–water partition coefficient (Wildman–Crippen LogP) is 8.05. The summed E-state index contributed by atoms with van der Waals surface area (Å²) < 4.78 is 138. The molecule has 2 fully saturated rings. The molecule has 1 atom stereocenters. The van der Waals surface area contributed by atoms with Crippen LogP contribution in [0.1, 0.15) is 58.8 Å². The van der Waals surface area contributed by atoms with Gasteiger partial charge in [-0.15, -0.1) is 0 Å². The SMILES string of the molecule is CS(=O)(=O)c1ccc2nc(-c3cccc(C(F)(F)F)c3)c(CN3CCC(N4CCC(F)(F)CC4)CC3)c(C(=O)NC(c3ccccc3)C(F)(F)F)c2c1. The van der Waals surface area contributed by atoms with E-state index in [1.54, 1.807) is 0 Å². The van der Waals surface area contributed by atoms with Crippen LogP contribution in [0.25, 0.3) is 22.2 Å². The highest BCUT2D eigenvalue weighted by atomic mass is 32.2. The number of nitrogens with zero attached hydrogens (tertiary/aromatic N) is 3. The minimum absolute atomic E-state index is 0.00465. The monoisotopic (exact) mass is 768 g/mol. The van der Waals surface area contributed by atoms with Crippen LogP contribution in [0.5, 0.6) is 0 Å². The summed E-state index contributed by atoms with van der Waals surface area (Å²) >= 11 is 0. The number of hydrogen-bond acceptors (Lipinski definition) is 6. The summed E-state index contributed by atoms with van der Waals surface area (Å²) in [6, 6.07) is 11.9. The number of aromatic nitrogens is 1. The number of nitrogens with one attached hydrogen (secondary N) is 1. The van der Waals surface area contributed by atoms with Crippen molar-refractivity contribution in [3.8, 4) is 11.3 Å². The first-order valence-corrected chi connectivity index (χ1v) is 18.8. The van der Waals surface area contributed by atoms with Gasteiger partial charge in [-0.05, 0) is 61.8 Å². The number of likely N-dealkylation sites (tertiary alicyclic amines) is 2. The van der Waals surface area contributed by atoms with E-state index in [4.69, 9.17) is 0 Å². The second-order valence-electron chi connectivity index (χ2n) is 13.6. The lowest BCUT2D eigenvalue weighted by atomic mass is 9.93. The lowest BCUT2D eigenvalue weighted by molar-refractivity contribution is -0.155. The molecule has 0 spiro atoms. The second kappa shape index (κ2) is 14.6. The molecule has 284 valence electrons. The molecule has 1 unspecified atom stereocenters. The first kappa shape index (κ1) is 38.6. The van der Waals surface area contributed by atoms with E-state index in [1.807, 2.05) is 9.80 Å². The standard InChI is InChI=1S/C37H36F8N4O3S/c1-53(51,52)27-10-11-30-28(21-27)31(34(50)47-33(37(43,44)45)23-6-3-2-4-7-23)29(32(46-30)24-8-5-9-25(20-24)36(40,41)42)22-48-16-12-26(13-17-48)49-18-14-35(38,39)15-19-49/h2-11,20-21,26,33H,12-19,22H2,1H3,(H,47,50). The van der Waals surface area contributed by atoms with Crippen molar-refractivity contribution in [2.75, 3.05) is 32.4 Å². The Labute approximate surface area is 300 Å². The van der Waals surface area contributed by atoms with Crippen LogP contribution in [0, 0.1) is 0 Å². The number of carbonyl (C=O) groups is 1. The van der Waals surface area contributed by atoms with Gasteiger partial charge in [0.25, 0.3) is 11.8 Å². The van der Waals surface area contributed by atoms with Crippen LogP contribution in [0.2, 0.25) is 0 Å². The highest BCUT2D eigenvalue weighted by Gasteiger charge is 2.43. The fourth-order valence-corrected chi connectivity index (χ4v) is 7.74. The molecule has 16 heteroatoms. The summed E-state index contributed by atoms with van der Waals surface area (Å²) in [6.45, 7) is 1.04. The van der Waals surface area contributed by atoms with E-state index in [-0.39, 0.29) is 82.3 Å². The van der Waals surface area contributed by atoms with Gasteiger partial charge in [-0.1, -0.05) is 42.5 Å². The average Bonchev–Trinajstić information content (AvgIpc) is 3.09. The molecule has 0 saturated carbocycles. The largest absolute Gasteiger partial charge is 0.416 e. The summed E-state index contributed by atoms with van der Waals surface area (Å²) in [4.78, 5) is 22.6. The van der Waals surface area contributed by atoms with Crippen molar-refractivity contribution in [1.29, 1.82) is 0 Å². The Balaban J connectivity index is 1.49. The molecule has 3 heterocycles. The molecule has 6 rings (SSSR count). The zero-order valence-corrected chi connectivity index (χ0v) is 29.3. The molecule has 0 radical (unpaired) electrons. The lowest BCUT2D eigenvalue weighted by Crippen LogP contribution is -2.49. The number of pyridine rings is 1. The van der Waals surface area contributed by atoms with Crippen molar-refractivity contribution in [1.82, 2.24) is 20.1 Å². The maximum Gasteiger partial charge on any atom is 0.416 e. The van der Waals surface area contributed by atoms with E-state index in [1.165, 1.54) is 48.5 Å². The smallest absolute Gasteiger partial charge is 0.337 e. The van der Waals surface area contributed by atoms with E-state index < -0.39 is 45.6 Å². The van der Waals surface area contributed by atoms with Gasteiger partial charge in [0.1, 0.15) is 0 Å². The fourth-order valence-electron chi connectivity index (χ4n) is 7.09. The Morgan fingerprint density at radius 1 is 0.906 bits per heavy atom. The molecule has 1 aromatic heterocycles. The zero-order valence-electron chi connectivity index (χ0n) is 28.4. The fraction of sp³-hybridized carbons (Fsp3) is 0.405. The average molecular weight is 769 g/mol. The van der Waals surface area contributed by atoms with Crippen molar-refractivity contribution < 1.29 is 48.3 Å². The number of sulfone groups is 1. The van der Waals surface area contributed by atoms with Crippen LogP contribution >= 0.6 is 0 Å². The van der Waals surface area contributed by atoms with Gasteiger partial charge >= 0.3 is 12.4 Å². The molecule has 1 amide bonds. The van der Waals surface area contributed by atoms with Gasteiger partial charge in [0, 0.05) is 61.3 Å². The van der Waals surface area contributed by atoms with Crippen LogP contribution in [0.15, 0.2) is 77.7 Å². The van der Waals surface area contributed by atoms with Gasteiger partial charge in [-0.25, -0.2) is 22.2 Å². The maximum absolute atomic E-state index is 14.6. The summed E-state index contributed by atoms with van der Waals surface area (Å²) in [5.74, 6) is -3.96. The van der Waals surface area contributed by atoms with Crippen molar-refractivity contribution in [3.05, 3.63) is 95.1 Å². The molecule has 4 aromatic rings. The molecule has 2 aliphatic heterocycles. The summed E-state index contributed by atoms with van der Waals surface area (Å²) in [6.07, 6.45) is -8.25. The Hall–Kier alpha value is -4.15. The van der Waals surface area contributed by atoms with E-state index in [0.29, 0.717) is 25.9 Å². The first-order valence-electron chi connectivity index (χ1n) is 16.9. The van der Waals surface area contributed by atoms with Gasteiger partial charge in [0.05, 0.1) is 27.2 Å². The van der Waals surface area contributed by atoms with Gasteiger partial charge in [-0.3, -0.25) is 14.6 Å². The van der Waals surface area contributed by atoms with Crippen LogP contribution in [0.3, 0.4) is 0 Å². The van der Waals surface area contributed by atoms with Gasteiger partial charge in [0.15, 0.2) is 15.9 Å². The number of piperidine rings is 2. The normalized spacial score (nSPS) is 18.6. The molecular formula is C37H36F8N4O3S. The maximum atomic E-state index is 14.6. The molecule has 3 aromatic carbocycles. The molecule has 1 N–H and O–H groups in total. The molecule has 53 heavy (non-hydrogen) atoms. The third kappa shape index (κ3) is 8.81. The Bertz CT molecular complexity index is 2070. The Kier molecular flexibility index (Phi) is 10.6. The van der Waals surface area contributed by atoms with E-state index >= 15 is 0 Å². The number of carbonyl (C=O) groups excluding carboxylic acids is 1. The number of fused-ring (bicyclic) bond motifs is 1. The van der Waals surface area contributed by atoms with Crippen molar-refractivity contribution in [3.63, 3.8) is 0 Å². The molecule has 0 bridgehead atoms. The highest BCUT2D eigenvalue weighted by Crippen LogP contribution is 2.39. The number of alkyl halides is 8. The highest BCUT2D eigenvalue weighted by molar-refractivity contribution is 7.90. The quantitative estimate of drug-likeness (QED) is 0.183. The van der Waals surface area contributed by atoms with E-state index in [0.717, 1.165) is 30.5 Å². The Morgan fingerprint density at radius 2 is 1.57 bits per heavy atom. The Morgan fingerprint density at radius 3 is 2.17 bits per heavy atom. The zero-order chi connectivity index (χ0) is 38.3. The van der Waals surface area contributed by atoms with Crippen LogP contribution in [-0.2, 0) is 22.6 Å². The molecular weight excluding hydrogens is 732 g/mol. The number of hydrogen-bond donors (Lipinski definition) is 1. The minimum Gasteiger partial charge on any atom is -0.337 e. The number of benzene rings is 3. The third-order valence-electron chi connectivity index (χ3n) is 9.90. The van der Waals surface area contributed by atoms with Crippen molar-refractivity contribution in [2.24, 2.45) is 0 Å². The summed E-state index contributed by atoms with van der Waals surface area (Å²) in [5, 5.41) is 1.98. The van der Waals surface area contributed by atoms with Crippen molar-refractivity contribution >= 4 is 26.6 Å². The van der Waals surface area contributed by atoms with E-state index in [9.17, 15) is 48.3 Å². The number of amides is 1. The molecule has 0 aliphatic carbocycles. The molecule has 2 aliphatic rings. The van der Waals surface area contributed by atoms with Gasteiger partial charge in [0.2, 0.25) is 0 Å². The van der Waals surface area contributed by atoms with Crippen LogP contribution in [-0.4, -0.2) is 79.7 Å². The van der Waals surface area contributed by atoms with Crippen LogP contribution in [0.4, 0.5) is 35.1 Å². The second-order valence-corrected chi connectivity index (χ2v) is 15.6. The summed E-state index contributed by atoms with van der Waals surface area (Å²) in [7, 11) is -3.90. The first-order chi connectivity index (χ1) is 24.8. The number of halogens is 8.